The molecule has 2 N–H and O–H groups in total. The Balaban J connectivity index is 1.69. The smallest absolute Gasteiger partial charge is 0.259 e. The molecule has 0 spiro atoms. The lowest BCUT2D eigenvalue weighted by atomic mass is 10.2. The fraction of sp³-hybridized carbons (Fsp3) is 0.167. The van der Waals surface area contributed by atoms with Gasteiger partial charge in [0.25, 0.3) is 11.8 Å². The molecule has 2 aromatic rings. The van der Waals surface area contributed by atoms with Crippen LogP contribution in [0, 0.1) is 0 Å². The highest BCUT2D eigenvalue weighted by atomic mass is 16.5. The van der Waals surface area contributed by atoms with Crippen molar-refractivity contribution in [2.24, 2.45) is 5.10 Å². The molecule has 130 valence electrons. The zero-order valence-corrected chi connectivity index (χ0v) is 13.8. The van der Waals surface area contributed by atoms with Crippen molar-refractivity contribution in [1.82, 2.24) is 10.7 Å². The van der Waals surface area contributed by atoms with Gasteiger partial charge < -0.3 is 14.8 Å². The summed E-state index contributed by atoms with van der Waals surface area (Å²) >= 11 is 0. The van der Waals surface area contributed by atoms with Gasteiger partial charge in [-0.3, -0.25) is 9.59 Å². The van der Waals surface area contributed by atoms with Gasteiger partial charge in [-0.15, -0.1) is 0 Å². The van der Waals surface area contributed by atoms with Crippen molar-refractivity contribution < 1.29 is 19.1 Å². The first-order valence-electron chi connectivity index (χ1n) is 7.58. The predicted molar refractivity (Wildman–Crippen MR) is 93.7 cm³/mol. The number of carbonyl (C=O) groups excluding carboxylic acids is 2. The van der Waals surface area contributed by atoms with E-state index in [1.807, 2.05) is 18.2 Å². The van der Waals surface area contributed by atoms with E-state index in [9.17, 15) is 9.59 Å². The topological polar surface area (TPSA) is 89.0 Å². The maximum atomic E-state index is 11.7. The second kappa shape index (κ2) is 9.71. The molecule has 2 amide bonds. The van der Waals surface area contributed by atoms with Crippen molar-refractivity contribution >= 4 is 18.0 Å². The Morgan fingerprint density at radius 1 is 1.04 bits per heavy atom. The van der Waals surface area contributed by atoms with Crippen LogP contribution >= 0.6 is 0 Å². The van der Waals surface area contributed by atoms with Crippen LogP contribution < -0.4 is 20.2 Å². The molecule has 2 rings (SSSR count). The van der Waals surface area contributed by atoms with Crippen LogP contribution in [0.25, 0.3) is 0 Å². The molecule has 0 saturated heterocycles. The summed E-state index contributed by atoms with van der Waals surface area (Å²) in [6.07, 6.45) is 1.47. The fourth-order valence-electron chi connectivity index (χ4n) is 1.88. The van der Waals surface area contributed by atoms with Crippen molar-refractivity contribution in [2.45, 2.75) is 0 Å². The van der Waals surface area contributed by atoms with E-state index in [4.69, 9.17) is 9.47 Å². The molecular weight excluding hydrogens is 322 g/mol. The molecule has 0 aromatic heterocycles. The molecule has 0 aliphatic rings. The first kappa shape index (κ1) is 18.0. The number of hydrogen-bond acceptors (Lipinski definition) is 5. The summed E-state index contributed by atoms with van der Waals surface area (Å²) in [6.45, 7) is -0.359. The molecule has 0 heterocycles. The van der Waals surface area contributed by atoms with Crippen LogP contribution in [0.1, 0.15) is 5.56 Å². The lowest BCUT2D eigenvalue weighted by molar-refractivity contribution is -0.127. The number of methoxy groups -OCH3 is 1. The molecule has 0 unspecified atom stereocenters. The number of amides is 2. The van der Waals surface area contributed by atoms with Crippen LogP contribution in [0.2, 0.25) is 0 Å². The number of ether oxygens (including phenoxy) is 2. The standard InChI is InChI=1S/C18H19N3O4/c1-24-16-10-6-5-7-14(16)11-20-21-17(22)12-19-18(23)13-25-15-8-3-2-4-9-15/h2-11H,12-13H2,1H3,(H,19,23)(H,21,22)/b20-11+. The van der Waals surface area contributed by atoms with Crippen molar-refractivity contribution in [3.8, 4) is 11.5 Å². The van der Waals surface area contributed by atoms with E-state index in [0.717, 1.165) is 5.56 Å². The van der Waals surface area contributed by atoms with E-state index in [1.165, 1.54) is 6.21 Å². The molecule has 7 heteroatoms. The molecule has 0 bridgehead atoms. The van der Waals surface area contributed by atoms with E-state index in [2.05, 4.69) is 15.8 Å². The Labute approximate surface area is 145 Å². The highest BCUT2D eigenvalue weighted by molar-refractivity contribution is 5.87. The minimum Gasteiger partial charge on any atom is -0.496 e. The molecule has 0 atom stereocenters. The Bertz CT molecular complexity index is 732. The van der Waals surface area contributed by atoms with E-state index >= 15 is 0 Å². The zero-order valence-electron chi connectivity index (χ0n) is 13.8. The summed E-state index contributed by atoms with van der Waals surface area (Å²) in [5.41, 5.74) is 3.06. The lowest BCUT2D eigenvalue weighted by Gasteiger charge is -2.06. The highest BCUT2D eigenvalue weighted by Gasteiger charge is 2.06. The molecule has 0 radical (unpaired) electrons. The van der Waals surface area contributed by atoms with Crippen LogP contribution in [-0.2, 0) is 9.59 Å². The van der Waals surface area contributed by atoms with E-state index in [-0.39, 0.29) is 13.2 Å². The fourth-order valence-corrected chi connectivity index (χ4v) is 1.88. The minimum absolute atomic E-state index is 0.165. The minimum atomic E-state index is -0.445. The third kappa shape index (κ3) is 6.34. The van der Waals surface area contributed by atoms with E-state index in [0.29, 0.717) is 11.5 Å². The molecule has 2 aromatic carbocycles. The average molecular weight is 341 g/mol. The number of nitrogens with zero attached hydrogens (tertiary/aromatic N) is 1. The van der Waals surface area contributed by atoms with Crippen molar-refractivity contribution in [1.29, 1.82) is 0 Å². The van der Waals surface area contributed by atoms with Gasteiger partial charge >= 0.3 is 0 Å². The number of hydrogen-bond donors (Lipinski definition) is 2. The largest absolute Gasteiger partial charge is 0.496 e. The van der Waals surface area contributed by atoms with Crippen molar-refractivity contribution in [2.75, 3.05) is 20.3 Å². The third-order valence-electron chi connectivity index (χ3n) is 3.09. The monoisotopic (exact) mass is 341 g/mol. The van der Waals surface area contributed by atoms with Crippen LogP contribution in [0.5, 0.6) is 11.5 Å². The van der Waals surface area contributed by atoms with Crippen LogP contribution in [0.4, 0.5) is 0 Å². The van der Waals surface area contributed by atoms with E-state index < -0.39 is 11.8 Å². The Morgan fingerprint density at radius 3 is 2.52 bits per heavy atom. The normalized spacial score (nSPS) is 10.3. The molecule has 0 aliphatic heterocycles. The summed E-state index contributed by atoms with van der Waals surface area (Å²) in [6, 6.07) is 16.2. The molecule has 7 nitrogen and oxygen atoms in total. The van der Waals surface area contributed by atoms with Crippen molar-refractivity contribution in [3.63, 3.8) is 0 Å². The number of hydrazone groups is 1. The highest BCUT2D eigenvalue weighted by Crippen LogP contribution is 2.14. The first-order valence-corrected chi connectivity index (χ1v) is 7.58. The van der Waals surface area contributed by atoms with Gasteiger partial charge in [0.1, 0.15) is 11.5 Å². The van der Waals surface area contributed by atoms with E-state index in [1.54, 1.807) is 43.5 Å². The zero-order chi connectivity index (χ0) is 17.9. The second-order valence-electron chi connectivity index (χ2n) is 4.91. The molecule has 0 saturated carbocycles. The Hall–Kier alpha value is -3.35. The van der Waals surface area contributed by atoms with Gasteiger partial charge in [0.15, 0.2) is 6.61 Å². The van der Waals surface area contributed by atoms with Gasteiger partial charge in [0.05, 0.1) is 19.9 Å². The number of nitrogens with one attached hydrogen (secondary N) is 2. The van der Waals surface area contributed by atoms with Gasteiger partial charge in [-0.2, -0.15) is 5.10 Å². The summed E-state index contributed by atoms with van der Waals surface area (Å²) in [4.78, 5) is 23.3. The van der Waals surface area contributed by atoms with Gasteiger partial charge in [0.2, 0.25) is 0 Å². The second-order valence-corrected chi connectivity index (χ2v) is 4.91. The van der Waals surface area contributed by atoms with Gasteiger partial charge in [-0.25, -0.2) is 5.43 Å². The van der Waals surface area contributed by atoms with Gasteiger partial charge in [-0.05, 0) is 24.3 Å². The molecule has 0 aliphatic carbocycles. The quantitative estimate of drug-likeness (QED) is 0.560. The summed E-state index contributed by atoms with van der Waals surface area (Å²) in [5.74, 6) is 0.391. The maximum Gasteiger partial charge on any atom is 0.259 e. The average Bonchev–Trinajstić information content (AvgIpc) is 2.66. The number of para-hydroxylation sites is 2. The molecular formula is C18H19N3O4. The first-order chi connectivity index (χ1) is 12.2. The molecule has 25 heavy (non-hydrogen) atoms. The van der Waals surface area contributed by atoms with Gasteiger partial charge in [0, 0.05) is 5.56 Å². The Morgan fingerprint density at radius 2 is 1.76 bits per heavy atom. The third-order valence-corrected chi connectivity index (χ3v) is 3.09. The molecule has 0 fully saturated rings. The SMILES string of the molecule is COc1ccccc1/C=N/NC(=O)CNC(=O)COc1ccccc1. The Kier molecular flexibility index (Phi) is 6.99. The lowest BCUT2D eigenvalue weighted by Crippen LogP contribution is -2.37. The van der Waals surface area contributed by atoms with Crippen LogP contribution in [0.15, 0.2) is 59.7 Å². The van der Waals surface area contributed by atoms with Crippen molar-refractivity contribution in [3.05, 3.63) is 60.2 Å². The van der Waals surface area contributed by atoms with Gasteiger partial charge in [-0.1, -0.05) is 30.3 Å². The number of rotatable bonds is 8. The number of carbonyl (C=O) groups is 2. The number of benzene rings is 2. The summed E-state index contributed by atoms with van der Waals surface area (Å²) in [5, 5.41) is 6.28. The predicted octanol–water partition coefficient (Wildman–Crippen LogP) is 1.34. The van der Waals surface area contributed by atoms with Crippen LogP contribution in [-0.4, -0.2) is 38.3 Å². The summed E-state index contributed by atoms with van der Waals surface area (Å²) in [7, 11) is 1.55. The van der Waals surface area contributed by atoms with Crippen LogP contribution in [0.3, 0.4) is 0 Å². The maximum absolute atomic E-state index is 11.7. The summed E-state index contributed by atoms with van der Waals surface area (Å²) < 4.78 is 10.4.